The van der Waals surface area contributed by atoms with Gasteiger partial charge in [-0.1, -0.05) is 28.1 Å². The standard InChI is InChI=1S/C15H15BrFN3O2S/c1-2-22-14(21)6-12-9-23-15(19-12)20-18-8-10-3-4-11(7-16)13(17)5-10/h3-5,8-9H,2,6-7H2,1H3,(H,19,20). The molecule has 1 aromatic carbocycles. The van der Waals surface area contributed by atoms with Crippen molar-refractivity contribution in [1.29, 1.82) is 0 Å². The van der Waals surface area contributed by atoms with Crippen LogP contribution in [0.3, 0.4) is 0 Å². The SMILES string of the molecule is CCOC(=O)Cc1csc(NN=Cc2ccc(CBr)c(F)c2)n1. The molecule has 122 valence electrons. The van der Waals surface area contributed by atoms with Crippen molar-refractivity contribution in [3.8, 4) is 0 Å². The Labute approximate surface area is 145 Å². The lowest BCUT2D eigenvalue weighted by Gasteiger charge is -2.00. The number of thiazole rings is 1. The van der Waals surface area contributed by atoms with Crippen LogP contribution >= 0.6 is 27.3 Å². The quantitative estimate of drug-likeness (QED) is 0.333. The van der Waals surface area contributed by atoms with Gasteiger partial charge < -0.3 is 4.74 Å². The lowest BCUT2D eigenvalue weighted by Crippen LogP contribution is -2.07. The average Bonchev–Trinajstić information content (AvgIpc) is 2.95. The van der Waals surface area contributed by atoms with Crippen LogP contribution in [0.5, 0.6) is 0 Å². The van der Waals surface area contributed by atoms with Crippen molar-refractivity contribution in [3.63, 3.8) is 0 Å². The Morgan fingerprint density at radius 1 is 1.57 bits per heavy atom. The predicted molar refractivity (Wildman–Crippen MR) is 92.7 cm³/mol. The minimum absolute atomic E-state index is 0.134. The van der Waals surface area contributed by atoms with Gasteiger partial charge in [0.25, 0.3) is 0 Å². The van der Waals surface area contributed by atoms with Crippen molar-refractivity contribution in [2.24, 2.45) is 5.10 Å². The number of hydrogen-bond acceptors (Lipinski definition) is 6. The number of alkyl halides is 1. The van der Waals surface area contributed by atoms with Crippen molar-refractivity contribution in [2.75, 3.05) is 12.0 Å². The highest BCUT2D eigenvalue weighted by molar-refractivity contribution is 9.08. The number of aromatic nitrogens is 1. The van der Waals surface area contributed by atoms with Gasteiger partial charge in [-0.3, -0.25) is 10.2 Å². The molecule has 0 atom stereocenters. The summed E-state index contributed by atoms with van der Waals surface area (Å²) in [6.45, 7) is 2.11. The van der Waals surface area contributed by atoms with Gasteiger partial charge in [-0.2, -0.15) is 5.10 Å². The predicted octanol–water partition coefficient (Wildman–Crippen LogP) is 3.73. The van der Waals surface area contributed by atoms with E-state index in [9.17, 15) is 9.18 Å². The van der Waals surface area contributed by atoms with Gasteiger partial charge in [-0.25, -0.2) is 9.37 Å². The van der Waals surface area contributed by atoms with E-state index in [2.05, 4.69) is 31.4 Å². The van der Waals surface area contributed by atoms with Crippen LogP contribution < -0.4 is 5.43 Å². The van der Waals surface area contributed by atoms with E-state index in [1.165, 1.54) is 23.6 Å². The Bertz CT molecular complexity index is 706. The summed E-state index contributed by atoms with van der Waals surface area (Å²) >= 11 is 4.55. The number of anilines is 1. The Morgan fingerprint density at radius 2 is 2.39 bits per heavy atom. The van der Waals surface area contributed by atoms with Gasteiger partial charge in [0.2, 0.25) is 5.13 Å². The van der Waals surface area contributed by atoms with Gasteiger partial charge in [-0.05, 0) is 24.1 Å². The fraction of sp³-hybridized carbons (Fsp3) is 0.267. The number of halogens is 2. The fourth-order valence-electron chi connectivity index (χ4n) is 1.71. The third kappa shape index (κ3) is 5.40. The van der Waals surface area contributed by atoms with Crippen LogP contribution in [0.2, 0.25) is 0 Å². The Hall–Kier alpha value is -1.80. The smallest absolute Gasteiger partial charge is 0.311 e. The number of carbonyl (C=O) groups is 1. The molecule has 0 amide bonds. The van der Waals surface area contributed by atoms with E-state index in [0.717, 1.165) is 0 Å². The Kier molecular flexibility index (Phi) is 6.66. The molecule has 0 saturated carbocycles. The maximum Gasteiger partial charge on any atom is 0.311 e. The summed E-state index contributed by atoms with van der Waals surface area (Å²) in [4.78, 5) is 15.6. The summed E-state index contributed by atoms with van der Waals surface area (Å²) in [5, 5.41) is 6.80. The van der Waals surface area contributed by atoms with Gasteiger partial charge >= 0.3 is 5.97 Å². The molecule has 0 fully saturated rings. The number of hydrogen-bond donors (Lipinski definition) is 1. The number of ether oxygens (including phenoxy) is 1. The van der Waals surface area contributed by atoms with Crippen LogP contribution in [0, 0.1) is 5.82 Å². The highest BCUT2D eigenvalue weighted by Crippen LogP contribution is 2.16. The molecule has 0 spiro atoms. The van der Waals surface area contributed by atoms with Crippen LogP contribution in [0.15, 0.2) is 28.7 Å². The minimum atomic E-state index is -0.310. The molecule has 1 aromatic heterocycles. The molecule has 2 aromatic rings. The number of rotatable bonds is 7. The number of benzene rings is 1. The summed E-state index contributed by atoms with van der Waals surface area (Å²) in [6.07, 6.45) is 1.64. The molecule has 0 aliphatic carbocycles. The van der Waals surface area contributed by atoms with E-state index in [0.29, 0.717) is 33.9 Å². The molecule has 2 rings (SSSR count). The summed E-state index contributed by atoms with van der Waals surface area (Å²) < 4.78 is 18.5. The normalized spacial score (nSPS) is 10.9. The first-order chi connectivity index (χ1) is 11.1. The van der Waals surface area contributed by atoms with E-state index >= 15 is 0 Å². The summed E-state index contributed by atoms with van der Waals surface area (Å²) in [6, 6.07) is 4.89. The van der Waals surface area contributed by atoms with Crippen molar-refractivity contribution in [2.45, 2.75) is 18.7 Å². The van der Waals surface area contributed by atoms with Crippen molar-refractivity contribution < 1.29 is 13.9 Å². The zero-order chi connectivity index (χ0) is 16.7. The Balaban J connectivity index is 1.92. The molecule has 0 aliphatic heterocycles. The van der Waals surface area contributed by atoms with Gasteiger partial charge in [0.05, 0.1) is 24.9 Å². The van der Waals surface area contributed by atoms with E-state index < -0.39 is 0 Å². The van der Waals surface area contributed by atoms with Gasteiger partial charge in [0.1, 0.15) is 5.82 Å². The zero-order valence-corrected chi connectivity index (χ0v) is 14.8. The van der Waals surface area contributed by atoms with E-state index in [-0.39, 0.29) is 18.2 Å². The van der Waals surface area contributed by atoms with Crippen molar-refractivity contribution in [1.82, 2.24) is 4.98 Å². The van der Waals surface area contributed by atoms with Gasteiger partial charge in [-0.15, -0.1) is 11.3 Å². The molecule has 0 aliphatic rings. The Morgan fingerprint density at radius 3 is 3.09 bits per heavy atom. The van der Waals surface area contributed by atoms with Crippen LogP contribution in [0.4, 0.5) is 9.52 Å². The average molecular weight is 400 g/mol. The monoisotopic (exact) mass is 399 g/mol. The molecule has 5 nitrogen and oxygen atoms in total. The second-order valence-corrected chi connectivity index (χ2v) is 5.90. The number of nitrogens with one attached hydrogen (secondary N) is 1. The lowest BCUT2D eigenvalue weighted by molar-refractivity contribution is -0.142. The van der Waals surface area contributed by atoms with Gasteiger partial charge in [0, 0.05) is 10.7 Å². The number of hydrazone groups is 1. The molecule has 23 heavy (non-hydrogen) atoms. The molecule has 0 saturated heterocycles. The molecular formula is C15H15BrFN3O2S. The van der Waals surface area contributed by atoms with Crippen molar-refractivity contribution in [3.05, 3.63) is 46.2 Å². The maximum absolute atomic E-state index is 13.6. The van der Waals surface area contributed by atoms with Gasteiger partial charge in [0.15, 0.2) is 0 Å². The first-order valence-electron chi connectivity index (χ1n) is 6.86. The third-order valence-electron chi connectivity index (χ3n) is 2.78. The fourth-order valence-corrected chi connectivity index (χ4v) is 2.83. The molecular weight excluding hydrogens is 385 g/mol. The lowest BCUT2D eigenvalue weighted by atomic mass is 10.1. The second kappa shape index (κ2) is 8.73. The summed E-state index contributed by atoms with van der Waals surface area (Å²) in [5.41, 5.74) is 4.62. The van der Waals surface area contributed by atoms with Crippen molar-refractivity contribution >= 4 is 44.6 Å². The summed E-state index contributed by atoms with van der Waals surface area (Å²) in [5.74, 6) is -0.591. The molecule has 8 heteroatoms. The number of carbonyl (C=O) groups excluding carboxylic acids is 1. The molecule has 0 bridgehead atoms. The van der Waals surface area contributed by atoms with E-state index in [1.54, 1.807) is 24.4 Å². The topological polar surface area (TPSA) is 63.6 Å². The molecule has 1 heterocycles. The second-order valence-electron chi connectivity index (χ2n) is 4.48. The van der Waals surface area contributed by atoms with Crippen LogP contribution in [-0.4, -0.2) is 23.8 Å². The van der Waals surface area contributed by atoms with Crippen LogP contribution in [-0.2, 0) is 21.3 Å². The highest BCUT2D eigenvalue weighted by atomic mass is 79.9. The molecule has 0 unspecified atom stereocenters. The molecule has 0 radical (unpaired) electrons. The third-order valence-corrected chi connectivity index (χ3v) is 4.18. The molecule has 1 N–H and O–H groups in total. The zero-order valence-electron chi connectivity index (χ0n) is 12.4. The summed E-state index contributed by atoms with van der Waals surface area (Å²) in [7, 11) is 0. The minimum Gasteiger partial charge on any atom is -0.466 e. The van der Waals surface area contributed by atoms with Crippen LogP contribution in [0.25, 0.3) is 0 Å². The first kappa shape index (κ1) is 17.6. The highest BCUT2D eigenvalue weighted by Gasteiger charge is 2.08. The van der Waals surface area contributed by atoms with E-state index in [4.69, 9.17) is 4.74 Å². The first-order valence-corrected chi connectivity index (χ1v) is 8.86. The largest absolute Gasteiger partial charge is 0.466 e. The maximum atomic E-state index is 13.6. The van der Waals surface area contributed by atoms with E-state index in [1.807, 2.05) is 0 Å². The van der Waals surface area contributed by atoms with Crippen LogP contribution in [0.1, 0.15) is 23.7 Å². The number of esters is 1. The number of nitrogens with zero attached hydrogens (tertiary/aromatic N) is 2.